The van der Waals surface area contributed by atoms with E-state index in [9.17, 15) is 0 Å². The fourth-order valence-corrected chi connectivity index (χ4v) is 3.07. The van der Waals surface area contributed by atoms with Crippen molar-refractivity contribution in [3.63, 3.8) is 0 Å². The van der Waals surface area contributed by atoms with Crippen LogP contribution in [0.1, 0.15) is 0 Å². The van der Waals surface area contributed by atoms with E-state index in [-0.39, 0.29) is 0 Å². The molecule has 0 bridgehead atoms. The minimum atomic E-state index is 0.755. The van der Waals surface area contributed by atoms with E-state index in [1.807, 2.05) is 37.6 Å². The highest BCUT2D eigenvalue weighted by Crippen LogP contribution is 2.36. The van der Waals surface area contributed by atoms with Crippen molar-refractivity contribution in [2.45, 2.75) is 0 Å². The lowest BCUT2D eigenvalue weighted by atomic mass is 10.1. The summed E-state index contributed by atoms with van der Waals surface area (Å²) in [6.45, 7) is 0. The molecule has 0 saturated heterocycles. The third kappa shape index (κ3) is 2.46. The minimum Gasteiger partial charge on any atom is -0.496 e. The van der Waals surface area contributed by atoms with Gasteiger partial charge in [0.25, 0.3) is 0 Å². The van der Waals surface area contributed by atoms with Crippen molar-refractivity contribution < 1.29 is 4.74 Å². The third-order valence-corrected chi connectivity index (χ3v) is 4.26. The van der Waals surface area contributed by atoms with Crippen molar-refractivity contribution in [3.05, 3.63) is 34.5 Å². The number of aromatic nitrogens is 4. The molecule has 0 radical (unpaired) electrons. The van der Waals surface area contributed by atoms with Gasteiger partial charge in [0, 0.05) is 18.8 Å². The summed E-state index contributed by atoms with van der Waals surface area (Å²) in [5.41, 5.74) is 3.04. The molecule has 2 aromatic heterocycles. The van der Waals surface area contributed by atoms with Crippen LogP contribution in [-0.2, 0) is 7.05 Å². The van der Waals surface area contributed by atoms with Gasteiger partial charge in [-0.2, -0.15) is 5.10 Å². The van der Waals surface area contributed by atoms with Crippen molar-refractivity contribution in [3.8, 4) is 27.4 Å². The van der Waals surface area contributed by atoms with Crippen LogP contribution in [0.15, 0.2) is 34.5 Å². The van der Waals surface area contributed by atoms with Crippen molar-refractivity contribution >= 4 is 27.3 Å². The molecule has 0 N–H and O–H groups in total. The molecule has 0 aliphatic rings. The number of hydrogen-bond donors (Lipinski definition) is 0. The molecule has 0 aliphatic heterocycles. The highest BCUT2D eigenvalue weighted by atomic mass is 79.9. The van der Waals surface area contributed by atoms with Crippen molar-refractivity contribution in [2.75, 3.05) is 7.11 Å². The van der Waals surface area contributed by atoms with Gasteiger partial charge in [-0.3, -0.25) is 4.68 Å². The second-order valence-electron chi connectivity index (χ2n) is 4.18. The number of nitrogens with zero attached hydrogens (tertiary/aromatic N) is 4. The molecule has 0 amide bonds. The molecule has 7 heteroatoms. The first-order valence-electron chi connectivity index (χ1n) is 5.84. The van der Waals surface area contributed by atoms with Crippen molar-refractivity contribution in [1.82, 2.24) is 20.0 Å². The highest BCUT2D eigenvalue weighted by molar-refractivity contribution is 9.11. The summed E-state index contributed by atoms with van der Waals surface area (Å²) in [7, 11) is 3.55. The van der Waals surface area contributed by atoms with Crippen LogP contribution in [0.5, 0.6) is 5.75 Å². The van der Waals surface area contributed by atoms with Crippen LogP contribution < -0.4 is 4.74 Å². The number of benzene rings is 1. The first kappa shape index (κ1) is 13.3. The van der Waals surface area contributed by atoms with Gasteiger partial charge in [-0.25, -0.2) is 0 Å². The smallest absolute Gasteiger partial charge is 0.183 e. The van der Waals surface area contributed by atoms with E-state index in [2.05, 4.69) is 31.2 Å². The Bertz CT molecular complexity index is 752. The van der Waals surface area contributed by atoms with Crippen LogP contribution in [0, 0.1) is 0 Å². The number of rotatable bonds is 3. The van der Waals surface area contributed by atoms with Crippen LogP contribution in [0.4, 0.5) is 0 Å². The van der Waals surface area contributed by atoms with Crippen LogP contribution in [0.25, 0.3) is 21.7 Å². The zero-order chi connectivity index (χ0) is 14.1. The zero-order valence-electron chi connectivity index (χ0n) is 10.9. The van der Waals surface area contributed by atoms with E-state index in [4.69, 9.17) is 4.74 Å². The molecule has 102 valence electrons. The Morgan fingerprint density at radius 3 is 2.70 bits per heavy atom. The Kier molecular flexibility index (Phi) is 3.54. The SMILES string of the molecule is COc1cc(-c2cnn(C)c2)ccc1-c1nnc(Br)s1. The van der Waals surface area contributed by atoms with Crippen molar-refractivity contribution in [2.24, 2.45) is 7.05 Å². The van der Waals surface area contributed by atoms with Gasteiger partial charge in [0.1, 0.15) is 5.75 Å². The molecule has 5 nitrogen and oxygen atoms in total. The molecule has 20 heavy (non-hydrogen) atoms. The van der Waals surface area contributed by atoms with E-state index in [0.717, 1.165) is 31.4 Å². The summed E-state index contributed by atoms with van der Waals surface area (Å²) in [6.07, 6.45) is 3.80. The lowest BCUT2D eigenvalue weighted by Gasteiger charge is -2.07. The average Bonchev–Trinajstić information content (AvgIpc) is 3.07. The number of hydrogen-bond acceptors (Lipinski definition) is 5. The summed E-state index contributed by atoms with van der Waals surface area (Å²) in [6, 6.07) is 6.01. The van der Waals surface area contributed by atoms with Gasteiger partial charge in [-0.05, 0) is 33.6 Å². The van der Waals surface area contributed by atoms with Gasteiger partial charge in [0.05, 0.1) is 18.9 Å². The van der Waals surface area contributed by atoms with E-state index < -0.39 is 0 Å². The maximum absolute atomic E-state index is 5.47. The van der Waals surface area contributed by atoms with E-state index in [1.54, 1.807) is 11.8 Å². The number of ether oxygens (including phenoxy) is 1. The molecular formula is C13H11BrN4OS. The normalized spacial score (nSPS) is 10.8. The van der Waals surface area contributed by atoms with Gasteiger partial charge in [-0.1, -0.05) is 17.4 Å². The van der Waals surface area contributed by atoms with Crippen LogP contribution >= 0.6 is 27.3 Å². The standard InChI is InChI=1S/C13H11BrN4OS/c1-18-7-9(6-15-18)8-3-4-10(11(5-8)19-2)12-16-17-13(14)20-12/h3-7H,1-2H3. The average molecular weight is 351 g/mol. The Morgan fingerprint density at radius 2 is 2.10 bits per heavy atom. The number of methoxy groups -OCH3 is 1. The molecule has 1 aromatic carbocycles. The summed E-state index contributed by atoms with van der Waals surface area (Å²) in [5, 5.41) is 13.1. The van der Waals surface area contributed by atoms with Crippen LogP contribution in [0.2, 0.25) is 0 Å². The second-order valence-corrected chi connectivity index (χ2v) is 6.43. The lowest BCUT2D eigenvalue weighted by molar-refractivity contribution is 0.416. The summed E-state index contributed by atoms with van der Waals surface area (Å²) in [5.74, 6) is 0.773. The molecule has 3 rings (SSSR count). The predicted molar refractivity (Wildman–Crippen MR) is 81.8 cm³/mol. The predicted octanol–water partition coefficient (Wildman–Crippen LogP) is 3.38. The van der Waals surface area contributed by atoms with Gasteiger partial charge >= 0.3 is 0 Å². The summed E-state index contributed by atoms with van der Waals surface area (Å²) >= 11 is 4.80. The molecule has 0 aliphatic carbocycles. The third-order valence-electron chi connectivity index (χ3n) is 2.87. The highest BCUT2D eigenvalue weighted by Gasteiger charge is 2.12. The van der Waals surface area contributed by atoms with E-state index in [0.29, 0.717) is 0 Å². The van der Waals surface area contributed by atoms with Crippen LogP contribution in [0.3, 0.4) is 0 Å². The Hall–Kier alpha value is -1.73. The first-order chi connectivity index (χ1) is 9.67. The fourth-order valence-electron chi connectivity index (χ4n) is 1.93. The molecule has 3 aromatic rings. The number of halogens is 1. The number of aryl methyl sites for hydroxylation is 1. The summed E-state index contributed by atoms with van der Waals surface area (Å²) < 4.78 is 8.01. The monoisotopic (exact) mass is 350 g/mol. The molecule has 0 atom stereocenters. The van der Waals surface area contributed by atoms with E-state index >= 15 is 0 Å². The van der Waals surface area contributed by atoms with E-state index in [1.165, 1.54) is 11.3 Å². The van der Waals surface area contributed by atoms with Crippen LogP contribution in [-0.4, -0.2) is 27.1 Å². The quantitative estimate of drug-likeness (QED) is 0.726. The lowest BCUT2D eigenvalue weighted by Crippen LogP contribution is -1.89. The second kappa shape index (κ2) is 5.34. The first-order valence-corrected chi connectivity index (χ1v) is 7.45. The van der Waals surface area contributed by atoms with Crippen molar-refractivity contribution in [1.29, 1.82) is 0 Å². The van der Waals surface area contributed by atoms with Gasteiger partial charge in [-0.15, -0.1) is 10.2 Å². The van der Waals surface area contributed by atoms with Gasteiger partial charge in [0.15, 0.2) is 8.92 Å². The molecule has 2 heterocycles. The maximum Gasteiger partial charge on any atom is 0.183 e. The fraction of sp³-hybridized carbons (Fsp3) is 0.154. The molecule has 0 spiro atoms. The topological polar surface area (TPSA) is 52.8 Å². The Labute approximate surface area is 128 Å². The Morgan fingerprint density at radius 1 is 1.25 bits per heavy atom. The largest absolute Gasteiger partial charge is 0.496 e. The van der Waals surface area contributed by atoms with Gasteiger partial charge in [0.2, 0.25) is 0 Å². The van der Waals surface area contributed by atoms with Gasteiger partial charge < -0.3 is 4.74 Å². The minimum absolute atomic E-state index is 0.755. The summed E-state index contributed by atoms with van der Waals surface area (Å²) in [4.78, 5) is 0. The maximum atomic E-state index is 5.47. The molecular weight excluding hydrogens is 340 g/mol. The molecule has 0 unspecified atom stereocenters. The zero-order valence-corrected chi connectivity index (χ0v) is 13.3. The Balaban J connectivity index is 2.06. The molecule has 0 fully saturated rings. The molecule has 0 saturated carbocycles.